The van der Waals surface area contributed by atoms with Crippen molar-refractivity contribution < 1.29 is 23.8 Å². The lowest BCUT2D eigenvalue weighted by molar-refractivity contribution is -0.147. The van der Waals surface area contributed by atoms with Crippen LogP contribution in [0.1, 0.15) is 70.7 Å². The Kier molecular flexibility index (Phi) is 7.87. The lowest BCUT2D eigenvalue weighted by atomic mass is 9.78. The van der Waals surface area contributed by atoms with Crippen molar-refractivity contribution in [2.24, 2.45) is 5.92 Å². The molecule has 1 fully saturated rings. The highest BCUT2D eigenvalue weighted by molar-refractivity contribution is 5.99. The fourth-order valence-electron chi connectivity index (χ4n) is 3.76. The van der Waals surface area contributed by atoms with Crippen LogP contribution in [0.5, 0.6) is 5.75 Å². The third-order valence-corrected chi connectivity index (χ3v) is 4.89. The highest BCUT2D eigenvalue weighted by atomic mass is 16.5. The van der Waals surface area contributed by atoms with Crippen molar-refractivity contribution in [3.63, 3.8) is 0 Å². The van der Waals surface area contributed by atoms with Crippen LogP contribution < -0.4 is 10.1 Å². The zero-order valence-corrected chi connectivity index (χ0v) is 17.7. The zero-order valence-electron chi connectivity index (χ0n) is 17.7. The Morgan fingerprint density at radius 3 is 2.61 bits per heavy atom. The van der Waals surface area contributed by atoms with Crippen LogP contribution in [-0.2, 0) is 14.3 Å². The van der Waals surface area contributed by atoms with E-state index in [9.17, 15) is 9.59 Å². The first kappa shape index (κ1) is 22.2. The minimum atomic E-state index is -0.816. The van der Waals surface area contributed by atoms with E-state index >= 15 is 0 Å². The molecule has 156 valence electrons. The molecule has 6 nitrogen and oxygen atoms in total. The number of anilines is 1. The van der Waals surface area contributed by atoms with Crippen LogP contribution in [0.3, 0.4) is 0 Å². The third-order valence-electron chi connectivity index (χ3n) is 4.89. The first-order chi connectivity index (χ1) is 13.3. The molecule has 1 amide bonds. The molecule has 1 N–H and O–H groups in total. The topological polar surface area (TPSA) is 73.9 Å². The van der Waals surface area contributed by atoms with E-state index in [0.29, 0.717) is 42.4 Å². The summed E-state index contributed by atoms with van der Waals surface area (Å²) in [5.41, 5.74) is 0.0150. The van der Waals surface area contributed by atoms with E-state index in [1.165, 1.54) is 0 Å². The molecule has 1 aliphatic carbocycles. The fourth-order valence-corrected chi connectivity index (χ4v) is 3.76. The van der Waals surface area contributed by atoms with Crippen LogP contribution in [0.15, 0.2) is 18.2 Å². The van der Waals surface area contributed by atoms with Gasteiger partial charge in [-0.05, 0) is 71.1 Å². The molecule has 0 saturated heterocycles. The Bertz CT molecular complexity index is 684. The smallest absolute Gasteiger partial charge is 0.341 e. The van der Waals surface area contributed by atoms with Gasteiger partial charge >= 0.3 is 5.97 Å². The predicted octanol–water partition coefficient (Wildman–Crippen LogP) is 4.57. The second-order valence-electron chi connectivity index (χ2n) is 7.68. The van der Waals surface area contributed by atoms with Crippen LogP contribution in [0.25, 0.3) is 0 Å². The van der Waals surface area contributed by atoms with Crippen molar-refractivity contribution in [3.05, 3.63) is 23.8 Å². The molecule has 2 atom stereocenters. The Morgan fingerprint density at radius 2 is 2.00 bits per heavy atom. The summed E-state index contributed by atoms with van der Waals surface area (Å²) < 4.78 is 16.8. The fraction of sp³-hybridized carbons (Fsp3) is 0.636. The summed E-state index contributed by atoms with van der Waals surface area (Å²) in [6, 6.07) is 5.04. The van der Waals surface area contributed by atoms with E-state index in [4.69, 9.17) is 14.2 Å². The minimum Gasteiger partial charge on any atom is -0.490 e. The molecule has 1 aromatic carbocycles. The summed E-state index contributed by atoms with van der Waals surface area (Å²) in [4.78, 5) is 25.5. The highest BCUT2D eigenvalue weighted by Gasteiger charge is 2.42. The van der Waals surface area contributed by atoms with Gasteiger partial charge in [-0.1, -0.05) is 13.3 Å². The van der Waals surface area contributed by atoms with Crippen LogP contribution >= 0.6 is 0 Å². The van der Waals surface area contributed by atoms with E-state index in [0.717, 1.165) is 12.8 Å². The number of carbonyl (C=O) groups excluding carboxylic acids is 2. The Labute approximate surface area is 167 Å². The molecule has 1 saturated carbocycles. The first-order valence-electron chi connectivity index (χ1n) is 10.2. The van der Waals surface area contributed by atoms with Gasteiger partial charge in [-0.15, -0.1) is 0 Å². The number of hydrogen-bond acceptors (Lipinski definition) is 5. The van der Waals surface area contributed by atoms with Gasteiger partial charge in [0, 0.05) is 12.3 Å². The predicted molar refractivity (Wildman–Crippen MR) is 109 cm³/mol. The van der Waals surface area contributed by atoms with Gasteiger partial charge in [0.1, 0.15) is 16.9 Å². The van der Waals surface area contributed by atoms with Crippen LogP contribution in [0.4, 0.5) is 5.69 Å². The highest BCUT2D eigenvalue weighted by Crippen LogP contribution is 2.36. The van der Waals surface area contributed by atoms with Gasteiger partial charge in [-0.25, -0.2) is 4.79 Å². The van der Waals surface area contributed by atoms with E-state index < -0.39 is 11.6 Å². The number of ether oxygens (including phenoxy) is 3. The standard InChI is InChI=1S/C22H33NO5/c1-6-26-20(24)18-13-17(10-11-19(18)28-15(3)4)23-21(25)22(27-7-2)12-8-9-16(5)14-22/h10-11,13,15-16H,6-9,12,14H2,1-5H3,(H,23,25)/t16-,22+/m1/s1. The second kappa shape index (κ2) is 9.92. The van der Waals surface area contributed by atoms with E-state index in [1.807, 2.05) is 20.8 Å². The molecule has 6 heteroatoms. The van der Waals surface area contributed by atoms with Crippen molar-refractivity contribution in [2.45, 2.75) is 72.0 Å². The largest absolute Gasteiger partial charge is 0.490 e. The van der Waals surface area contributed by atoms with E-state index in [-0.39, 0.29) is 18.6 Å². The molecule has 28 heavy (non-hydrogen) atoms. The van der Waals surface area contributed by atoms with E-state index in [2.05, 4.69) is 12.2 Å². The normalized spacial score (nSPS) is 22.0. The third kappa shape index (κ3) is 5.47. The number of rotatable bonds is 8. The lowest BCUT2D eigenvalue weighted by Crippen LogP contribution is -2.48. The summed E-state index contributed by atoms with van der Waals surface area (Å²) in [5, 5.41) is 2.95. The number of amides is 1. The molecule has 0 spiro atoms. The average Bonchev–Trinajstić information content (AvgIpc) is 2.63. The molecular formula is C22H33NO5. The van der Waals surface area contributed by atoms with Gasteiger partial charge in [0.15, 0.2) is 0 Å². The second-order valence-corrected chi connectivity index (χ2v) is 7.68. The molecule has 1 aliphatic rings. The summed E-state index contributed by atoms with van der Waals surface area (Å²) in [7, 11) is 0. The monoisotopic (exact) mass is 391 g/mol. The van der Waals surface area contributed by atoms with Crippen LogP contribution in [0, 0.1) is 5.92 Å². The number of hydrogen-bond donors (Lipinski definition) is 1. The van der Waals surface area contributed by atoms with Gasteiger partial charge in [0.2, 0.25) is 0 Å². The Morgan fingerprint density at radius 1 is 1.25 bits per heavy atom. The van der Waals surface area contributed by atoms with Crippen LogP contribution in [-0.4, -0.2) is 36.8 Å². The summed E-state index contributed by atoms with van der Waals surface area (Å²) in [6.07, 6.45) is 3.39. The number of carbonyl (C=O) groups is 2. The van der Waals surface area contributed by atoms with Crippen LogP contribution in [0.2, 0.25) is 0 Å². The number of benzene rings is 1. The minimum absolute atomic E-state index is 0.0847. The lowest BCUT2D eigenvalue weighted by Gasteiger charge is -2.38. The molecule has 0 radical (unpaired) electrons. The number of esters is 1. The molecule has 1 aromatic rings. The first-order valence-corrected chi connectivity index (χ1v) is 10.2. The SMILES string of the molecule is CCOC(=O)c1cc(NC(=O)[C@]2(OCC)CCC[C@@H](C)C2)ccc1OC(C)C. The Hall–Kier alpha value is -2.08. The Balaban J connectivity index is 2.27. The summed E-state index contributed by atoms with van der Waals surface area (Å²) in [6.45, 7) is 10.3. The van der Waals surface area contributed by atoms with Gasteiger partial charge in [-0.3, -0.25) is 4.79 Å². The quantitative estimate of drug-likeness (QED) is 0.657. The average molecular weight is 392 g/mol. The van der Waals surface area contributed by atoms with Crippen molar-refractivity contribution in [1.82, 2.24) is 0 Å². The number of nitrogens with one attached hydrogen (secondary N) is 1. The van der Waals surface area contributed by atoms with Gasteiger partial charge in [0.05, 0.1) is 12.7 Å². The van der Waals surface area contributed by atoms with Gasteiger partial charge < -0.3 is 19.5 Å². The molecule has 0 heterocycles. The van der Waals surface area contributed by atoms with Crippen molar-refractivity contribution in [3.8, 4) is 5.75 Å². The van der Waals surface area contributed by atoms with Gasteiger partial charge in [0.25, 0.3) is 5.91 Å². The van der Waals surface area contributed by atoms with E-state index in [1.54, 1.807) is 25.1 Å². The molecule has 0 bridgehead atoms. The molecular weight excluding hydrogens is 358 g/mol. The molecule has 0 aliphatic heterocycles. The maximum absolute atomic E-state index is 13.1. The van der Waals surface area contributed by atoms with Crippen molar-refractivity contribution >= 4 is 17.6 Å². The maximum atomic E-state index is 13.1. The van der Waals surface area contributed by atoms with Crippen molar-refractivity contribution in [1.29, 1.82) is 0 Å². The molecule has 0 unspecified atom stereocenters. The summed E-state index contributed by atoms with van der Waals surface area (Å²) in [5.74, 6) is 0.244. The van der Waals surface area contributed by atoms with Crippen molar-refractivity contribution in [2.75, 3.05) is 18.5 Å². The van der Waals surface area contributed by atoms with Gasteiger partial charge in [-0.2, -0.15) is 0 Å². The molecule has 0 aromatic heterocycles. The summed E-state index contributed by atoms with van der Waals surface area (Å²) >= 11 is 0. The maximum Gasteiger partial charge on any atom is 0.341 e. The molecule has 2 rings (SSSR count). The zero-order chi connectivity index (χ0) is 20.7.